The molecule has 0 spiro atoms. The highest BCUT2D eigenvalue weighted by Crippen LogP contribution is 2.29. The first-order chi connectivity index (χ1) is 11.6. The van der Waals surface area contributed by atoms with Crippen molar-refractivity contribution in [3.63, 3.8) is 0 Å². The van der Waals surface area contributed by atoms with E-state index in [4.69, 9.17) is 0 Å². The van der Waals surface area contributed by atoms with Gasteiger partial charge in [-0.2, -0.15) is 0 Å². The third-order valence-electron chi connectivity index (χ3n) is 3.61. The fraction of sp³-hybridized carbons (Fsp3) is 0.500. The Morgan fingerprint density at radius 2 is 2.04 bits per heavy atom. The van der Waals surface area contributed by atoms with Crippen LogP contribution in [0.3, 0.4) is 0 Å². The topological polar surface area (TPSA) is 59.9 Å². The maximum Gasteiger partial charge on any atom is 0.191 e. The molecule has 0 aliphatic heterocycles. The number of aliphatic hydroxyl groups excluding tert-OH is 1. The van der Waals surface area contributed by atoms with E-state index in [0.717, 1.165) is 36.9 Å². The zero-order valence-electron chi connectivity index (χ0n) is 15.2. The lowest BCUT2D eigenvalue weighted by atomic mass is 10.2. The summed E-state index contributed by atoms with van der Waals surface area (Å²) < 4.78 is 1.20. The van der Waals surface area contributed by atoms with Crippen molar-refractivity contribution in [1.29, 1.82) is 0 Å². The van der Waals surface area contributed by atoms with Gasteiger partial charge in [-0.1, -0.05) is 18.2 Å². The fourth-order valence-electron chi connectivity index (χ4n) is 2.38. The van der Waals surface area contributed by atoms with E-state index in [1.54, 1.807) is 11.3 Å². The summed E-state index contributed by atoms with van der Waals surface area (Å²) in [6.45, 7) is 5.10. The predicted octanol–water partition coefficient (Wildman–Crippen LogP) is 3.06. The smallest absolute Gasteiger partial charge is 0.191 e. The molecule has 0 bridgehead atoms. The molecule has 2 aromatic rings. The molecule has 3 N–H and O–H groups in total. The van der Waals surface area contributed by atoms with Crippen molar-refractivity contribution in [3.8, 4) is 0 Å². The first-order valence-electron chi connectivity index (χ1n) is 8.43. The molecular weight excluding hydrogens is 447 g/mol. The van der Waals surface area contributed by atoms with Gasteiger partial charge in [0.2, 0.25) is 0 Å². The average molecular weight is 476 g/mol. The highest BCUT2D eigenvalue weighted by atomic mass is 127. The first kappa shape index (κ1) is 22.1. The molecule has 0 radical (unpaired) electrons. The van der Waals surface area contributed by atoms with E-state index in [1.165, 1.54) is 10.1 Å². The summed E-state index contributed by atoms with van der Waals surface area (Å²) >= 11 is 1.63. The lowest BCUT2D eigenvalue weighted by molar-refractivity contribution is 0.191. The summed E-state index contributed by atoms with van der Waals surface area (Å²) in [4.78, 5) is 7.64. The number of hydrogen-bond donors (Lipinski definition) is 3. The zero-order chi connectivity index (χ0) is 17.4. The largest absolute Gasteiger partial charge is 0.386 e. The van der Waals surface area contributed by atoms with Crippen LogP contribution in [0.15, 0.2) is 35.3 Å². The van der Waals surface area contributed by atoms with E-state index >= 15 is 0 Å². The molecule has 5 nitrogen and oxygen atoms in total. The van der Waals surface area contributed by atoms with Crippen molar-refractivity contribution in [2.45, 2.75) is 19.4 Å². The van der Waals surface area contributed by atoms with Gasteiger partial charge in [-0.3, -0.25) is 4.99 Å². The van der Waals surface area contributed by atoms with E-state index < -0.39 is 6.10 Å². The number of rotatable bonds is 8. The number of nitrogens with one attached hydrogen (secondary N) is 2. The fourth-order valence-corrected chi connectivity index (χ4v) is 3.42. The zero-order valence-corrected chi connectivity index (χ0v) is 18.3. The number of thiophene rings is 1. The molecule has 0 aliphatic rings. The monoisotopic (exact) mass is 476 g/mol. The molecule has 0 fully saturated rings. The van der Waals surface area contributed by atoms with E-state index in [9.17, 15) is 5.11 Å². The van der Waals surface area contributed by atoms with Crippen LogP contribution in [-0.2, 0) is 0 Å². The Labute approximate surface area is 171 Å². The summed E-state index contributed by atoms with van der Waals surface area (Å²) in [5.41, 5.74) is 0. The number of hydrogen-bond acceptors (Lipinski definition) is 4. The summed E-state index contributed by atoms with van der Waals surface area (Å²) in [7, 11) is 4.14. The molecule has 1 atom stereocenters. The Kier molecular flexibility index (Phi) is 10.3. The number of halogens is 1. The van der Waals surface area contributed by atoms with Gasteiger partial charge in [0.15, 0.2) is 5.96 Å². The number of fused-ring (bicyclic) bond motifs is 1. The van der Waals surface area contributed by atoms with Crippen LogP contribution in [0.25, 0.3) is 10.1 Å². The minimum absolute atomic E-state index is 0. The molecule has 1 aromatic carbocycles. The van der Waals surface area contributed by atoms with Crippen molar-refractivity contribution in [1.82, 2.24) is 15.5 Å². The summed E-state index contributed by atoms with van der Waals surface area (Å²) in [5, 5.41) is 18.1. The lowest BCUT2D eigenvalue weighted by Crippen LogP contribution is -2.38. The second-order valence-corrected chi connectivity index (χ2v) is 7.12. The van der Waals surface area contributed by atoms with Gasteiger partial charge in [-0.05, 0) is 51.5 Å². The van der Waals surface area contributed by atoms with Crippen LogP contribution in [0, 0.1) is 0 Å². The van der Waals surface area contributed by atoms with Crippen LogP contribution in [0.5, 0.6) is 0 Å². The number of guanidine groups is 1. The van der Waals surface area contributed by atoms with Gasteiger partial charge < -0.3 is 20.6 Å². The Bertz CT molecular complexity index is 626. The summed E-state index contributed by atoms with van der Waals surface area (Å²) in [6, 6.07) is 10.2. The van der Waals surface area contributed by atoms with Crippen molar-refractivity contribution in [2.24, 2.45) is 4.99 Å². The molecule has 0 amide bonds. The van der Waals surface area contributed by atoms with Gasteiger partial charge in [0, 0.05) is 22.7 Å². The Morgan fingerprint density at radius 1 is 1.28 bits per heavy atom. The first-order valence-corrected chi connectivity index (χ1v) is 9.25. The van der Waals surface area contributed by atoms with Crippen LogP contribution in [0.2, 0.25) is 0 Å². The summed E-state index contributed by atoms with van der Waals surface area (Å²) in [5.74, 6) is 0.761. The molecule has 1 aromatic heterocycles. The molecule has 0 aliphatic carbocycles. The maximum atomic E-state index is 10.4. The Morgan fingerprint density at radius 3 is 2.72 bits per heavy atom. The molecule has 2 rings (SSSR count). The normalized spacial score (nSPS) is 12.9. The highest BCUT2D eigenvalue weighted by molar-refractivity contribution is 14.0. The van der Waals surface area contributed by atoms with Gasteiger partial charge in [-0.25, -0.2) is 0 Å². The van der Waals surface area contributed by atoms with E-state index in [-0.39, 0.29) is 24.0 Å². The van der Waals surface area contributed by atoms with Crippen molar-refractivity contribution >= 4 is 51.4 Å². The molecule has 1 heterocycles. The number of aliphatic imine (C=N–C) groups is 1. The number of nitrogens with zero attached hydrogens (tertiary/aromatic N) is 2. The molecule has 0 saturated heterocycles. The summed E-state index contributed by atoms with van der Waals surface area (Å²) in [6.07, 6.45) is 0.482. The van der Waals surface area contributed by atoms with Crippen molar-refractivity contribution < 1.29 is 5.11 Å². The second-order valence-electron chi connectivity index (χ2n) is 6.01. The van der Waals surface area contributed by atoms with Gasteiger partial charge in [-0.15, -0.1) is 35.3 Å². The standard InChI is InChI=1S/C18H28N4OS.HI/c1-4-19-18(20-10-7-11-22(2)3)21-13-15(23)17-12-14-8-5-6-9-16(14)24-17;/h5-6,8-9,12,15,23H,4,7,10-11,13H2,1-3H3,(H2,19,20,21);1H. The molecule has 140 valence electrons. The van der Waals surface area contributed by atoms with E-state index in [0.29, 0.717) is 6.54 Å². The van der Waals surface area contributed by atoms with Gasteiger partial charge in [0.05, 0.1) is 6.54 Å². The van der Waals surface area contributed by atoms with Crippen LogP contribution in [-0.4, -0.2) is 56.2 Å². The lowest BCUT2D eigenvalue weighted by Gasteiger charge is -2.14. The molecular formula is C18H29IN4OS. The molecule has 1 unspecified atom stereocenters. The van der Waals surface area contributed by atoms with Gasteiger partial charge in [0.1, 0.15) is 6.10 Å². The second kappa shape index (κ2) is 11.7. The van der Waals surface area contributed by atoms with Crippen molar-refractivity contribution in [3.05, 3.63) is 35.2 Å². The Balaban J connectivity index is 0.00000312. The van der Waals surface area contributed by atoms with Crippen LogP contribution in [0.1, 0.15) is 24.3 Å². The van der Waals surface area contributed by atoms with Gasteiger partial charge in [0.25, 0.3) is 0 Å². The third kappa shape index (κ3) is 7.47. The number of aliphatic hydroxyl groups is 1. The SMILES string of the molecule is CCNC(=NCC(O)c1cc2ccccc2s1)NCCCN(C)C.I. The minimum Gasteiger partial charge on any atom is -0.386 e. The van der Waals surface area contributed by atoms with E-state index in [1.807, 2.05) is 19.1 Å². The minimum atomic E-state index is -0.570. The number of benzene rings is 1. The predicted molar refractivity (Wildman–Crippen MR) is 119 cm³/mol. The molecule has 7 heteroatoms. The van der Waals surface area contributed by atoms with Crippen molar-refractivity contribution in [2.75, 3.05) is 40.3 Å². The van der Waals surface area contributed by atoms with E-state index in [2.05, 4.69) is 52.8 Å². The van der Waals surface area contributed by atoms with Crippen LogP contribution >= 0.6 is 35.3 Å². The molecule has 0 saturated carbocycles. The maximum absolute atomic E-state index is 10.4. The quantitative estimate of drug-likeness (QED) is 0.237. The average Bonchev–Trinajstić information content (AvgIpc) is 3.00. The van der Waals surface area contributed by atoms with Gasteiger partial charge >= 0.3 is 0 Å². The van der Waals surface area contributed by atoms with Crippen LogP contribution in [0.4, 0.5) is 0 Å². The Hall–Kier alpha value is -0.900. The third-order valence-corrected chi connectivity index (χ3v) is 4.83. The molecule has 25 heavy (non-hydrogen) atoms. The van der Waals surface area contributed by atoms with Crippen LogP contribution < -0.4 is 10.6 Å². The highest BCUT2D eigenvalue weighted by Gasteiger charge is 2.11.